The van der Waals surface area contributed by atoms with Crippen molar-refractivity contribution >= 4 is 23.7 Å². The maximum absolute atomic E-state index is 14.3. The van der Waals surface area contributed by atoms with Gasteiger partial charge >= 0.3 is 18.0 Å². The topological polar surface area (TPSA) is 104 Å². The minimum atomic E-state index is -0.797. The maximum atomic E-state index is 14.3. The van der Waals surface area contributed by atoms with Crippen molar-refractivity contribution in [3.05, 3.63) is 35.3 Å². The number of halogens is 1. The summed E-state index contributed by atoms with van der Waals surface area (Å²) in [7, 11) is 2.36. The fraction of sp³-hybridized carbons (Fsp3) is 0.542. The quantitative estimate of drug-likeness (QED) is 0.451. The molecule has 10 nitrogen and oxygen atoms in total. The van der Waals surface area contributed by atoms with Crippen LogP contribution in [0.5, 0.6) is 5.75 Å². The zero-order valence-corrected chi connectivity index (χ0v) is 20.6. The minimum Gasteiger partial charge on any atom is -0.488 e. The molecule has 2 aliphatic rings. The van der Waals surface area contributed by atoms with E-state index < -0.39 is 23.4 Å². The van der Waals surface area contributed by atoms with Crippen molar-refractivity contribution in [3.63, 3.8) is 0 Å². The van der Waals surface area contributed by atoms with Crippen LogP contribution in [-0.2, 0) is 28.5 Å². The molecule has 0 unspecified atom stereocenters. The lowest BCUT2D eigenvalue weighted by atomic mass is 10.1. The summed E-state index contributed by atoms with van der Waals surface area (Å²) in [5.41, 5.74) is -0.550. The number of ether oxygens (including phenoxy) is 5. The van der Waals surface area contributed by atoms with Gasteiger partial charge in [-0.2, -0.15) is 0 Å². The summed E-state index contributed by atoms with van der Waals surface area (Å²) in [4.78, 5) is 40.2. The number of carbonyl (C=O) groups excluding carboxylic acids is 3. The SMILES string of the molecule is COC(=O)C1=C(C(=O)OC)N(c2cc(F)ccc2OC2CCN(C(=O)OC(C)(C)C)CC2)COC1. The molecule has 2 heterocycles. The summed E-state index contributed by atoms with van der Waals surface area (Å²) >= 11 is 0. The Bertz CT molecular complexity index is 996. The number of carbonyl (C=O) groups is 3. The molecule has 1 fully saturated rings. The molecule has 35 heavy (non-hydrogen) atoms. The molecule has 1 aromatic carbocycles. The number of amides is 1. The number of benzene rings is 1. The van der Waals surface area contributed by atoms with Crippen LogP contribution in [0.3, 0.4) is 0 Å². The molecule has 0 saturated carbocycles. The Labute approximate surface area is 203 Å². The van der Waals surface area contributed by atoms with Crippen molar-refractivity contribution in [1.82, 2.24) is 4.90 Å². The number of esters is 2. The summed E-state index contributed by atoms with van der Waals surface area (Å²) < 4.78 is 41.0. The second-order valence-electron chi connectivity index (χ2n) is 9.11. The Hall–Kier alpha value is -3.34. The van der Waals surface area contributed by atoms with E-state index in [2.05, 4.69) is 0 Å². The molecule has 192 valence electrons. The highest BCUT2D eigenvalue weighted by Gasteiger charge is 2.35. The number of piperidine rings is 1. The van der Waals surface area contributed by atoms with E-state index in [1.807, 2.05) is 20.8 Å². The third-order valence-corrected chi connectivity index (χ3v) is 5.43. The molecule has 1 aromatic rings. The van der Waals surface area contributed by atoms with E-state index in [1.54, 1.807) is 4.90 Å². The predicted molar refractivity (Wildman–Crippen MR) is 122 cm³/mol. The lowest BCUT2D eigenvalue weighted by Gasteiger charge is -2.35. The van der Waals surface area contributed by atoms with Gasteiger partial charge in [0.15, 0.2) is 0 Å². The monoisotopic (exact) mass is 494 g/mol. The van der Waals surface area contributed by atoms with Crippen LogP contribution in [0.25, 0.3) is 0 Å². The Morgan fingerprint density at radius 1 is 1.06 bits per heavy atom. The van der Waals surface area contributed by atoms with Crippen molar-refractivity contribution in [2.45, 2.75) is 45.3 Å². The van der Waals surface area contributed by atoms with Gasteiger partial charge < -0.3 is 33.5 Å². The van der Waals surface area contributed by atoms with Crippen LogP contribution in [0.1, 0.15) is 33.6 Å². The molecule has 1 saturated heterocycles. The Kier molecular flexibility index (Phi) is 8.21. The van der Waals surface area contributed by atoms with Crippen LogP contribution in [0, 0.1) is 5.82 Å². The average Bonchev–Trinajstić information content (AvgIpc) is 2.83. The number of hydrogen-bond acceptors (Lipinski definition) is 9. The minimum absolute atomic E-state index is 0.0496. The van der Waals surface area contributed by atoms with Gasteiger partial charge in [-0.15, -0.1) is 0 Å². The molecule has 0 N–H and O–H groups in total. The number of nitrogens with zero attached hydrogens (tertiary/aromatic N) is 2. The molecule has 0 spiro atoms. The van der Waals surface area contributed by atoms with E-state index >= 15 is 0 Å². The normalized spacial score (nSPS) is 17.2. The van der Waals surface area contributed by atoms with Crippen LogP contribution in [0.2, 0.25) is 0 Å². The highest BCUT2D eigenvalue weighted by atomic mass is 19.1. The largest absolute Gasteiger partial charge is 0.488 e. The van der Waals surface area contributed by atoms with Crippen LogP contribution < -0.4 is 9.64 Å². The van der Waals surface area contributed by atoms with Gasteiger partial charge in [0.25, 0.3) is 0 Å². The van der Waals surface area contributed by atoms with Gasteiger partial charge in [-0.25, -0.2) is 18.8 Å². The van der Waals surface area contributed by atoms with Crippen LogP contribution in [0.4, 0.5) is 14.9 Å². The number of methoxy groups -OCH3 is 2. The molecule has 0 bridgehead atoms. The fourth-order valence-electron chi connectivity index (χ4n) is 3.80. The van der Waals surface area contributed by atoms with E-state index in [1.165, 1.54) is 37.3 Å². The molecule has 0 radical (unpaired) electrons. The van der Waals surface area contributed by atoms with E-state index in [0.29, 0.717) is 31.7 Å². The van der Waals surface area contributed by atoms with Crippen molar-refractivity contribution in [1.29, 1.82) is 0 Å². The van der Waals surface area contributed by atoms with Gasteiger partial charge in [0, 0.05) is 32.0 Å². The van der Waals surface area contributed by atoms with E-state index in [9.17, 15) is 18.8 Å². The number of likely N-dealkylation sites (tertiary alicyclic amines) is 1. The first-order chi connectivity index (χ1) is 16.5. The standard InChI is InChI=1S/C24H31FN2O8/c1-24(2,3)35-23(30)26-10-8-16(9-11-26)34-19-7-6-15(25)12-18(19)27-14-33-13-17(21(28)31-4)20(27)22(29)32-5/h6-7,12,16H,8-11,13-14H2,1-5H3. The fourth-order valence-corrected chi connectivity index (χ4v) is 3.80. The first-order valence-electron chi connectivity index (χ1n) is 11.2. The lowest BCUT2D eigenvalue weighted by molar-refractivity contribution is -0.140. The third kappa shape index (κ3) is 6.41. The summed E-state index contributed by atoms with van der Waals surface area (Å²) in [5.74, 6) is -1.84. The first-order valence-corrected chi connectivity index (χ1v) is 11.2. The first kappa shape index (κ1) is 26.3. The highest BCUT2D eigenvalue weighted by molar-refractivity contribution is 6.03. The second-order valence-corrected chi connectivity index (χ2v) is 9.11. The van der Waals surface area contributed by atoms with Gasteiger partial charge in [0.2, 0.25) is 0 Å². The predicted octanol–water partition coefficient (Wildman–Crippen LogP) is 3.00. The smallest absolute Gasteiger partial charge is 0.410 e. The van der Waals surface area contributed by atoms with Crippen molar-refractivity contribution < 1.29 is 42.5 Å². The summed E-state index contributed by atoms with van der Waals surface area (Å²) in [5, 5.41) is 0. The Morgan fingerprint density at radius 3 is 2.31 bits per heavy atom. The van der Waals surface area contributed by atoms with E-state index in [0.717, 1.165) is 0 Å². The van der Waals surface area contributed by atoms with Gasteiger partial charge in [-0.1, -0.05) is 0 Å². The molecule has 1 amide bonds. The van der Waals surface area contributed by atoms with Gasteiger partial charge in [-0.05, 0) is 32.9 Å². The zero-order valence-electron chi connectivity index (χ0n) is 20.6. The second kappa shape index (κ2) is 10.9. The van der Waals surface area contributed by atoms with Gasteiger partial charge in [0.1, 0.15) is 35.7 Å². The van der Waals surface area contributed by atoms with Crippen LogP contribution >= 0.6 is 0 Å². The van der Waals surface area contributed by atoms with Gasteiger partial charge in [0.05, 0.1) is 32.1 Å². The zero-order chi connectivity index (χ0) is 25.8. The third-order valence-electron chi connectivity index (χ3n) is 5.43. The van der Waals surface area contributed by atoms with Gasteiger partial charge in [-0.3, -0.25) is 0 Å². The van der Waals surface area contributed by atoms with E-state index in [-0.39, 0.29) is 42.5 Å². The molecular weight excluding hydrogens is 463 g/mol. The highest BCUT2D eigenvalue weighted by Crippen LogP contribution is 2.36. The van der Waals surface area contributed by atoms with Crippen molar-refractivity contribution in [3.8, 4) is 5.75 Å². The van der Waals surface area contributed by atoms with Crippen LogP contribution in [0.15, 0.2) is 29.5 Å². The van der Waals surface area contributed by atoms with Crippen LogP contribution in [-0.4, -0.2) is 75.3 Å². The Morgan fingerprint density at radius 2 is 1.71 bits per heavy atom. The number of anilines is 1. The summed E-state index contributed by atoms with van der Waals surface area (Å²) in [6.07, 6.45) is 0.403. The summed E-state index contributed by atoms with van der Waals surface area (Å²) in [6, 6.07) is 3.88. The average molecular weight is 495 g/mol. The molecule has 3 rings (SSSR count). The molecule has 0 atom stereocenters. The Balaban J connectivity index is 1.83. The van der Waals surface area contributed by atoms with Crippen molar-refractivity contribution in [2.75, 3.05) is 45.5 Å². The maximum Gasteiger partial charge on any atom is 0.410 e. The molecule has 2 aliphatic heterocycles. The number of hydrogen-bond donors (Lipinski definition) is 0. The summed E-state index contributed by atoms with van der Waals surface area (Å²) in [6.45, 7) is 5.99. The number of rotatable bonds is 5. The molecule has 0 aliphatic carbocycles. The molecule has 11 heteroatoms. The lowest BCUT2D eigenvalue weighted by Crippen LogP contribution is -2.44. The molecular formula is C24H31FN2O8. The molecule has 0 aromatic heterocycles. The van der Waals surface area contributed by atoms with E-state index in [4.69, 9.17) is 23.7 Å². The van der Waals surface area contributed by atoms with Crippen molar-refractivity contribution in [2.24, 2.45) is 0 Å².